The van der Waals surface area contributed by atoms with Crippen LogP contribution in [0.4, 0.5) is 0 Å². The van der Waals surface area contributed by atoms with Crippen molar-refractivity contribution in [2.24, 2.45) is 0 Å². The van der Waals surface area contributed by atoms with Gasteiger partial charge in [0, 0.05) is 0 Å². The molecule has 0 spiro atoms. The van der Waals surface area contributed by atoms with E-state index in [-0.39, 0.29) is 25.7 Å². The SMILES string of the molecule is O=C(O)C(Pc1ccccc1)(Pc1ccccc1)Pc1ccccc1. The van der Waals surface area contributed by atoms with E-state index in [9.17, 15) is 9.90 Å². The van der Waals surface area contributed by atoms with Crippen LogP contribution in [0.25, 0.3) is 0 Å². The van der Waals surface area contributed by atoms with E-state index < -0.39 is 10.6 Å². The van der Waals surface area contributed by atoms with Crippen molar-refractivity contribution in [2.45, 2.75) is 4.64 Å². The van der Waals surface area contributed by atoms with Gasteiger partial charge in [-0.15, -0.1) is 0 Å². The molecule has 0 aliphatic rings. The minimum atomic E-state index is -0.788. The summed E-state index contributed by atoms with van der Waals surface area (Å²) >= 11 is 0. The van der Waals surface area contributed by atoms with Gasteiger partial charge in [-0.2, -0.15) is 0 Å². The monoisotopic (exact) mass is 384 g/mol. The van der Waals surface area contributed by atoms with E-state index in [0.717, 1.165) is 15.9 Å². The Morgan fingerprint density at radius 3 is 1.12 bits per heavy atom. The van der Waals surface area contributed by atoms with Crippen LogP contribution in [0.3, 0.4) is 0 Å². The van der Waals surface area contributed by atoms with Crippen LogP contribution < -0.4 is 15.9 Å². The zero-order chi connectivity index (χ0) is 17.5. The molecule has 0 aliphatic heterocycles. The molecule has 3 aromatic rings. The van der Waals surface area contributed by atoms with E-state index in [1.807, 2.05) is 91.0 Å². The zero-order valence-corrected chi connectivity index (χ0v) is 16.5. The third-order valence-corrected chi connectivity index (χ3v) is 9.52. The summed E-state index contributed by atoms with van der Waals surface area (Å²) in [4.78, 5) is 12.5. The van der Waals surface area contributed by atoms with Crippen molar-refractivity contribution in [3.8, 4) is 0 Å². The van der Waals surface area contributed by atoms with E-state index in [4.69, 9.17) is 0 Å². The van der Waals surface area contributed by atoms with Crippen LogP contribution in [0, 0.1) is 0 Å². The maximum absolute atomic E-state index is 12.5. The fraction of sp³-hybridized carbons (Fsp3) is 0.0500. The maximum Gasteiger partial charge on any atom is 0.322 e. The summed E-state index contributed by atoms with van der Waals surface area (Å²) in [5.74, 6) is -0.709. The van der Waals surface area contributed by atoms with Gasteiger partial charge in [0.25, 0.3) is 0 Å². The molecule has 126 valence electrons. The average Bonchev–Trinajstić information content (AvgIpc) is 2.64. The Kier molecular flexibility index (Phi) is 6.33. The summed E-state index contributed by atoms with van der Waals surface area (Å²) in [5, 5.41) is 13.5. The lowest BCUT2D eigenvalue weighted by molar-refractivity contribution is -0.135. The molecule has 1 N–H and O–H groups in total. The van der Waals surface area contributed by atoms with Crippen LogP contribution in [-0.4, -0.2) is 15.7 Å². The highest BCUT2D eigenvalue weighted by atomic mass is 31.2. The van der Waals surface area contributed by atoms with Gasteiger partial charge in [-0.25, -0.2) is 0 Å². The first-order valence-electron chi connectivity index (χ1n) is 7.91. The van der Waals surface area contributed by atoms with Crippen molar-refractivity contribution in [2.75, 3.05) is 0 Å². The molecule has 0 saturated heterocycles. The Labute approximate surface area is 153 Å². The molecule has 5 heteroatoms. The largest absolute Gasteiger partial charge is 0.480 e. The van der Waals surface area contributed by atoms with Crippen molar-refractivity contribution < 1.29 is 9.90 Å². The summed E-state index contributed by atoms with van der Waals surface area (Å²) in [6, 6.07) is 29.9. The van der Waals surface area contributed by atoms with Crippen molar-refractivity contribution >= 4 is 47.6 Å². The number of aliphatic carboxylic acids is 1. The number of carboxylic acids is 1. The predicted molar refractivity (Wildman–Crippen MR) is 114 cm³/mol. The van der Waals surface area contributed by atoms with E-state index in [2.05, 4.69) is 0 Å². The van der Waals surface area contributed by atoms with Gasteiger partial charge >= 0.3 is 5.97 Å². The summed E-state index contributed by atoms with van der Waals surface area (Å²) in [6.07, 6.45) is 0. The molecule has 0 heterocycles. The molecule has 0 radical (unpaired) electrons. The molecular formula is C20H19O2P3. The van der Waals surface area contributed by atoms with E-state index in [0.29, 0.717) is 0 Å². The van der Waals surface area contributed by atoms with Gasteiger partial charge in [-0.1, -0.05) is 117 Å². The topological polar surface area (TPSA) is 37.3 Å². The molecular weight excluding hydrogens is 365 g/mol. The Hall–Kier alpha value is -1.58. The molecule has 3 aromatic carbocycles. The molecule has 0 aromatic heterocycles. The van der Waals surface area contributed by atoms with Gasteiger partial charge in [0.15, 0.2) is 0 Å². The number of hydrogen-bond donors (Lipinski definition) is 1. The molecule has 2 nitrogen and oxygen atoms in total. The Bertz CT molecular complexity index is 707. The number of rotatable bonds is 7. The second-order valence-corrected chi connectivity index (χ2v) is 11.8. The fourth-order valence-electron chi connectivity index (χ4n) is 2.47. The number of carbonyl (C=O) groups is 1. The highest BCUT2D eigenvalue weighted by Gasteiger charge is 2.39. The lowest BCUT2D eigenvalue weighted by Crippen LogP contribution is -2.30. The first-order chi connectivity index (χ1) is 12.2. The summed E-state index contributed by atoms with van der Waals surface area (Å²) in [6.45, 7) is 0. The van der Waals surface area contributed by atoms with Crippen LogP contribution in [0.2, 0.25) is 0 Å². The van der Waals surface area contributed by atoms with Gasteiger partial charge in [-0.3, -0.25) is 4.79 Å². The van der Waals surface area contributed by atoms with E-state index in [1.54, 1.807) is 0 Å². The molecule has 0 aliphatic carbocycles. The van der Waals surface area contributed by atoms with Crippen molar-refractivity contribution in [3.05, 3.63) is 91.0 Å². The van der Waals surface area contributed by atoms with Crippen LogP contribution in [0.1, 0.15) is 0 Å². The number of benzene rings is 3. The van der Waals surface area contributed by atoms with Crippen molar-refractivity contribution in [3.63, 3.8) is 0 Å². The van der Waals surface area contributed by atoms with E-state index in [1.165, 1.54) is 0 Å². The predicted octanol–water partition coefficient (Wildman–Crippen LogP) is 3.74. The maximum atomic E-state index is 12.5. The Balaban J connectivity index is 1.99. The van der Waals surface area contributed by atoms with Gasteiger partial charge in [-0.05, 0) is 15.9 Å². The lowest BCUT2D eigenvalue weighted by atomic mass is 10.4. The molecule has 3 rings (SSSR count). The smallest absolute Gasteiger partial charge is 0.322 e. The van der Waals surface area contributed by atoms with Crippen LogP contribution in [-0.2, 0) is 4.79 Å². The molecule has 0 bridgehead atoms. The third kappa shape index (κ3) is 4.96. The van der Waals surface area contributed by atoms with Crippen molar-refractivity contribution in [1.82, 2.24) is 0 Å². The number of carboxylic acid groups (broad SMARTS) is 1. The highest BCUT2D eigenvalue weighted by molar-refractivity contribution is 7.85. The van der Waals surface area contributed by atoms with Crippen molar-refractivity contribution in [1.29, 1.82) is 0 Å². The van der Waals surface area contributed by atoms with Gasteiger partial charge in [0.2, 0.25) is 0 Å². The summed E-state index contributed by atoms with van der Waals surface area (Å²) in [5.41, 5.74) is 0. The second kappa shape index (κ2) is 8.68. The molecule has 0 amide bonds. The molecule has 0 saturated carbocycles. The van der Waals surface area contributed by atoms with Crippen LogP contribution in [0.15, 0.2) is 91.0 Å². The number of hydrogen-bond acceptors (Lipinski definition) is 1. The Morgan fingerprint density at radius 1 is 0.600 bits per heavy atom. The summed E-state index contributed by atoms with van der Waals surface area (Å²) < 4.78 is -0.788. The van der Waals surface area contributed by atoms with Gasteiger partial charge in [0.1, 0.15) is 4.64 Å². The van der Waals surface area contributed by atoms with Crippen LogP contribution in [0.5, 0.6) is 0 Å². The zero-order valence-electron chi connectivity index (χ0n) is 13.5. The molecule has 3 unspecified atom stereocenters. The molecule has 0 fully saturated rings. The Morgan fingerprint density at radius 2 is 0.880 bits per heavy atom. The summed E-state index contributed by atoms with van der Waals surface area (Å²) in [7, 11) is 0.667. The van der Waals surface area contributed by atoms with Crippen LogP contribution >= 0.6 is 25.7 Å². The quantitative estimate of drug-likeness (QED) is 0.631. The normalized spacial score (nSPS) is 14.6. The minimum absolute atomic E-state index is 0.222. The van der Waals surface area contributed by atoms with Gasteiger partial charge < -0.3 is 5.11 Å². The fourth-order valence-corrected chi connectivity index (χ4v) is 8.51. The minimum Gasteiger partial charge on any atom is -0.480 e. The third-order valence-electron chi connectivity index (χ3n) is 3.64. The highest BCUT2D eigenvalue weighted by Crippen LogP contribution is 2.57. The average molecular weight is 384 g/mol. The van der Waals surface area contributed by atoms with Gasteiger partial charge in [0.05, 0.1) is 0 Å². The standard InChI is InChI=1S/C20H19O2P3/c21-19(22)20(23-16-10-4-1-5-11-16,24-17-12-6-2-7-13-17)25-18-14-8-3-9-15-18/h1-15,23-25H,(H,21,22). The lowest BCUT2D eigenvalue weighted by Gasteiger charge is -2.30. The van der Waals surface area contributed by atoms with E-state index >= 15 is 0 Å². The molecule has 3 atom stereocenters. The molecule has 25 heavy (non-hydrogen) atoms. The second-order valence-electron chi connectivity index (χ2n) is 5.53. The first kappa shape index (κ1) is 18.2. The first-order valence-corrected chi connectivity index (χ1v) is 10.9.